The predicted octanol–water partition coefficient (Wildman–Crippen LogP) is 1.47. The molecular weight excluding hydrogens is 305 g/mol. The highest BCUT2D eigenvalue weighted by molar-refractivity contribution is 7.99. The van der Waals surface area contributed by atoms with Gasteiger partial charge in [0.2, 0.25) is 0 Å². The molecule has 0 bridgehead atoms. The molecule has 0 radical (unpaired) electrons. The summed E-state index contributed by atoms with van der Waals surface area (Å²) in [5.41, 5.74) is 2.13. The number of carbonyl (C=O) groups is 1. The fourth-order valence-corrected chi connectivity index (χ4v) is 2.53. The van der Waals surface area contributed by atoms with Gasteiger partial charge in [0, 0.05) is 10.6 Å². The van der Waals surface area contributed by atoms with Gasteiger partial charge in [-0.1, -0.05) is 16.8 Å². The van der Waals surface area contributed by atoms with Gasteiger partial charge in [-0.3, -0.25) is 14.9 Å². The monoisotopic (exact) mass is 315 g/mol. The summed E-state index contributed by atoms with van der Waals surface area (Å²) in [6, 6.07) is 4.54. The first-order valence-electron chi connectivity index (χ1n) is 5.59. The van der Waals surface area contributed by atoms with Gasteiger partial charge in [-0.25, -0.2) is 10.2 Å². The second-order valence-electron chi connectivity index (χ2n) is 3.76. The van der Waals surface area contributed by atoms with Gasteiger partial charge in [-0.05, 0) is 18.2 Å². The average Bonchev–Trinajstić information content (AvgIpc) is 2.91. The molecule has 20 heavy (non-hydrogen) atoms. The molecule has 0 unspecified atom stereocenters. The zero-order valence-electron chi connectivity index (χ0n) is 10.2. The van der Waals surface area contributed by atoms with Crippen LogP contribution in [0, 0.1) is 5.82 Å². The summed E-state index contributed by atoms with van der Waals surface area (Å²) in [6.07, 6.45) is 1.50. The molecule has 1 amide bonds. The number of aromatic nitrogens is 3. The van der Waals surface area contributed by atoms with Crippen LogP contribution in [0.3, 0.4) is 0 Å². The number of thioether (sulfide) groups is 1. The van der Waals surface area contributed by atoms with Crippen molar-refractivity contribution in [1.82, 2.24) is 20.4 Å². The highest BCUT2D eigenvalue weighted by Crippen LogP contribution is 2.24. The number of carbonyl (C=O) groups excluding carboxylic acids is 1. The van der Waals surface area contributed by atoms with E-state index in [0.29, 0.717) is 12.3 Å². The Morgan fingerprint density at radius 1 is 1.55 bits per heavy atom. The Labute approximate surface area is 123 Å². The van der Waals surface area contributed by atoms with Crippen LogP contribution in [0.15, 0.2) is 29.3 Å². The Hall–Kier alpha value is -1.64. The van der Waals surface area contributed by atoms with E-state index in [4.69, 9.17) is 17.4 Å². The third-order valence-corrected chi connectivity index (χ3v) is 3.65. The summed E-state index contributed by atoms with van der Waals surface area (Å²) in [4.78, 5) is 12.0. The van der Waals surface area contributed by atoms with Gasteiger partial charge in [-0.2, -0.15) is 0 Å². The topological polar surface area (TPSA) is 85.8 Å². The third-order valence-electron chi connectivity index (χ3n) is 2.38. The lowest BCUT2D eigenvalue weighted by atomic mass is 10.3. The van der Waals surface area contributed by atoms with Crippen molar-refractivity contribution in [3.8, 4) is 0 Å². The van der Waals surface area contributed by atoms with E-state index in [2.05, 4.69) is 10.3 Å². The summed E-state index contributed by atoms with van der Waals surface area (Å²) < 4.78 is 14.5. The Balaban J connectivity index is 1.88. The number of benzene rings is 1. The van der Waals surface area contributed by atoms with Crippen molar-refractivity contribution in [1.29, 1.82) is 0 Å². The summed E-state index contributed by atoms with van der Waals surface area (Å²) >= 11 is 7.19. The first-order chi connectivity index (χ1) is 9.60. The van der Waals surface area contributed by atoms with Gasteiger partial charge in [0.1, 0.15) is 5.82 Å². The molecule has 9 heteroatoms. The van der Waals surface area contributed by atoms with E-state index in [1.807, 2.05) is 5.43 Å². The molecule has 0 saturated carbocycles. The first-order valence-corrected chi connectivity index (χ1v) is 6.95. The van der Waals surface area contributed by atoms with E-state index in [1.54, 1.807) is 12.1 Å². The third kappa shape index (κ3) is 3.69. The molecule has 1 aromatic heterocycles. The first kappa shape index (κ1) is 14.8. The van der Waals surface area contributed by atoms with Crippen molar-refractivity contribution in [2.75, 3.05) is 5.75 Å². The maximum atomic E-state index is 13.0. The van der Waals surface area contributed by atoms with Crippen LogP contribution < -0.4 is 11.3 Å². The standard InChI is InChI=1S/C11H11ClFN5OS/c12-8-5-7(1-2-9(8)13)20-4-3-18-6-10(16-17-18)11(19)15-14/h1-2,5-6H,3-4,14H2,(H,15,19). The zero-order valence-corrected chi connectivity index (χ0v) is 11.8. The van der Waals surface area contributed by atoms with Crippen LogP contribution in [-0.2, 0) is 6.54 Å². The lowest BCUT2D eigenvalue weighted by molar-refractivity contribution is 0.0948. The Kier molecular flexibility index (Phi) is 4.94. The van der Waals surface area contributed by atoms with Crippen molar-refractivity contribution in [3.63, 3.8) is 0 Å². The Morgan fingerprint density at radius 3 is 3.05 bits per heavy atom. The van der Waals surface area contributed by atoms with Gasteiger partial charge in [-0.15, -0.1) is 16.9 Å². The summed E-state index contributed by atoms with van der Waals surface area (Å²) in [6.45, 7) is 0.546. The van der Waals surface area contributed by atoms with E-state index in [0.717, 1.165) is 4.90 Å². The van der Waals surface area contributed by atoms with Crippen LogP contribution in [0.5, 0.6) is 0 Å². The Bertz CT molecular complexity index is 621. The van der Waals surface area contributed by atoms with Gasteiger partial charge in [0.15, 0.2) is 5.69 Å². The number of nitrogens with one attached hydrogen (secondary N) is 1. The number of nitrogen functional groups attached to an aromatic ring is 1. The van der Waals surface area contributed by atoms with Crippen LogP contribution in [-0.4, -0.2) is 26.7 Å². The summed E-state index contributed by atoms with van der Waals surface area (Å²) in [7, 11) is 0. The van der Waals surface area contributed by atoms with Gasteiger partial charge >= 0.3 is 0 Å². The Morgan fingerprint density at radius 2 is 2.35 bits per heavy atom. The molecule has 106 valence electrons. The fraction of sp³-hybridized carbons (Fsp3) is 0.182. The van der Waals surface area contributed by atoms with Gasteiger partial charge in [0.05, 0.1) is 17.8 Å². The van der Waals surface area contributed by atoms with E-state index in [1.165, 1.54) is 28.7 Å². The van der Waals surface area contributed by atoms with E-state index in [-0.39, 0.29) is 10.7 Å². The van der Waals surface area contributed by atoms with E-state index < -0.39 is 11.7 Å². The molecular formula is C11H11ClFN5OS. The van der Waals surface area contributed by atoms with Crippen LogP contribution in [0.2, 0.25) is 5.02 Å². The number of rotatable bonds is 5. The molecule has 3 N–H and O–H groups in total. The number of amides is 1. The molecule has 1 heterocycles. The number of hydrogen-bond acceptors (Lipinski definition) is 5. The maximum Gasteiger partial charge on any atom is 0.287 e. The summed E-state index contributed by atoms with van der Waals surface area (Å²) in [5.74, 6) is 4.74. The molecule has 0 aliphatic rings. The van der Waals surface area contributed by atoms with Crippen molar-refractivity contribution < 1.29 is 9.18 Å². The van der Waals surface area contributed by atoms with Crippen LogP contribution >= 0.6 is 23.4 Å². The largest absolute Gasteiger partial charge is 0.289 e. The van der Waals surface area contributed by atoms with Crippen LogP contribution in [0.1, 0.15) is 10.5 Å². The maximum absolute atomic E-state index is 13.0. The smallest absolute Gasteiger partial charge is 0.287 e. The van der Waals surface area contributed by atoms with Crippen LogP contribution in [0.25, 0.3) is 0 Å². The second kappa shape index (κ2) is 6.69. The minimum absolute atomic E-state index is 0.0951. The number of hydrazine groups is 1. The quantitative estimate of drug-likeness (QED) is 0.378. The highest BCUT2D eigenvalue weighted by atomic mass is 35.5. The van der Waals surface area contributed by atoms with Crippen molar-refractivity contribution in [2.24, 2.45) is 5.84 Å². The SMILES string of the molecule is NNC(=O)c1cn(CCSc2ccc(F)c(Cl)c2)nn1. The lowest BCUT2D eigenvalue weighted by Gasteiger charge is -2.02. The number of nitrogens with zero attached hydrogens (tertiary/aromatic N) is 3. The zero-order chi connectivity index (χ0) is 14.5. The molecule has 0 atom stereocenters. The summed E-state index contributed by atoms with van der Waals surface area (Å²) in [5, 5.41) is 7.57. The predicted molar refractivity (Wildman–Crippen MR) is 73.8 cm³/mol. The number of aryl methyl sites for hydroxylation is 1. The fourth-order valence-electron chi connectivity index (χ4n) is 1.41. The molecule has 0 aliphatic carbocycles. The molecule has 2 rings (SSSR count). The molecule has 6 nitrogen and oxygen atoms in total. The van der Waals surface area contributed by atoms with Gasteiger partial charge < -0.3 is 0 Å². The number of halogens is 2. The van der Waals surface area contributed by atoms with Crippen molar-refractivity contribution in [3.05, 3.63) is 40.9 Å². The second-order valence-corrected chi connectivity index (χ2v) is 5.34. The van der Waals surface area contributed by atoms with Gasteiger partial charge in [0.25, 0.3) is 5.91 Å². The highest BCUT2D eigenvalue weighted by Gasteiger charge is 2.08. The minimum atomic E-state index is -0.491. The molecule has 1 aromatic carbocycles. The number of nitrogens with two attached hydrogens (primary N) is 1. The van der Waals surface area contributed by atoms with Crippen LogP contribution in [0.4, 0.5) is 4.39 Å². The lowest BCUT2D eigenvalue weighted by Crippen LogP contribution is -2.30. The molecule has 0 fully saturated rings. The average molecular weight is 316 g/mol. The van der Waals surface area contributed by atoms with Crippen molar-refractivity contribution >= 4 is 29.3 Å². The van der Waals surface area contributed by atoms with E-state index in [9.17, 15) is 9.18 Å². The van der Waals surface area contributed by atoms with E-state index >= 15 is 0 Å². The molecule has 0 spiro atoms. The molecule has 0 aliphatic heterocycles. The normalized spacial score (nSPS) is 10.6. The molecule has 2 aromatic rings. The van der Waals surface area contributed by atoms with Crippen molar-refractivity contribution in [2.45, 2.75) is 11.4 Å². The number of hydrogen-bond donors (Lipinski definition) is 2. The molecule has 0 saturated heterocycles. The minimum Gasteiger partial charge on any atom is -0.289 e.